The first kappa shape index (κ1) is 28.2. The summed E-state index contributed by atoms with van der Waals surface area (Å²) in [6.45, 7) is 2.51. The molecule has 10 heteroatoms. The van der Waals surface area contributed by atoms with Crippen molar-refractivity contribution in [1.82, 2.24) is 9.66 Å². The van der Waals surface area contributed by atoms with Crippen LogP contribution in [0, 0.1) is 3.57 Å². The van der Waals surface area contributed by atoms with Gasteiger partial charge in [-0.3, -0.25) is 4.79 Å². The third-order valence-corrected chi connectivity index (χ3v) is 7.44. The highest BCUT2D eigenvalue weighted by Gasteiger charge is 2.17. The fraction of sp³-hybridized carbons (Fsp3) is 0.0909. The van der Waals surface area contributed by atoms with Crippen molar-refractivity contribution in [3.05, 3.63) is 122 Å². The second-order valence-corrected chi connectivity index (χ2v) is 10.7. The van der Waals surface area contributed by atoms with Crippen molar-refractivity contribution in [2.24, 2.45) is 5.10 Å². The van der Waals surface area contributed by atoms with Gasteiger partial charge in [0.15, 0.2) is 17.3 Å². The van der Waals surface area contributed by atoms with Gasteiger partial charge in [0.05, 0.1) is 32.9 Å². The molecule has 0 saturated carbocycles. The van der Waals surface area contributed by atoms with E-state index in [9.17, 15) is 9.59 Å². The Hall–Kier alpha value is -4.97. The summed E-state index contributed by atoms with van der Waals surface area (Å²) in [5.41, 5.74) is 2.60. The fourth-order valence-electron chi connectivity index (χ4n) is 4.57. The fourth-order valence-corrected chi connectivity index (χ4v) is 5.35. The van der Waals surface area contributed by atoms with Crippen molar-refractivity contribution in [3.8, 4) is 23.1 Å². The molecule has 1 N–H and O–H groups in total. The number of hydrogen-bond donors (Lipinski definition) is 1. The summed E-state index contributed by atoms with van der Waals surface area (Å²) in [4.78, 5) is 29.5. The molecule has 0 spiro atoms. The molecule has 0 aliphatic carbocycles. The van der Waals surface area contributed by atoms with E-state index < -0.39 is 5.97 Å². The van der Waals surface area contributed by atoms with Crippen molar-refractivity contribution in [3.63, 3.8) is 0 Å². The predicted octanol–water partition coefficient (Wildman–Crippen LogP) is 6.97. The second kappa shape index (κ2) is 12.1. The Labute approximate surface area is 259 Å². The Bertz CT molecular complexity index is 2030. The summed E-state index contributed by atoms with van der Waals surface area (Å²) in [5.74, 6) is 0.786. The van der Waals surface area contributed by atoms with E-state index >= 15 is 0 Å². The average molecular weight is 685 g/mol. The van der Waals surface area contributed by atoms with Crippen molar-refractivity contribution in [2.45, 2.75) is 13.5 Å². The van der Waals surface area contributed by atoms with E-state index in [4.69, 9.17) is 24.0 Å². The Morgan fingerprint density at radius 1 is 1.02 bits per heavy atom. The Morgan fingerprint density at radius 2 is 1.79 bits per heavy atom. The van der Waals surface area contributed by atoms with E-state index in [0.29, 0.717) is 45.9 Å². The molecule has 214 valence electrons. The van der Waals surface area contributed by atoms with Gasteiger partial charge in [-0.2, -0.15) is 9.78 Å². The summed E-state index contributed by atoms with van der Waals surface area (Å²) in [7, 11) is 0. The molecule has 2 aromatic heterocycles. The first-order valence-corrected chi connectivity index (χ1v) is 14.5. The number of nitrogens with zero attached hydrogens (tertiary/aromatic N) is 3. The first-order valence-electron chi connectivity index (χ1n) is 13.4. The van der Waals surface area contributed by atoms with Crippen LogP contribution in [0.5, 0.6) is 11.5 Å². The number of aromatic nitrogens is 2. The van der Waals surface area contributed by atoms with Crippen LogP contribution < -0.4 is 15.0 Å². The van der Waals surface area contributed by atoms with Crippen LogP contribution >= 0.6 is 22.6 Å². The summed E-state index contributed by atoms with van der Waals surface area (Å²) < 4.78 is 20.1. The smallest absolute Gasteiger partial charge is 0.335 e. The molecule has 0 amide bonds. The highest BCUT2D eigenvalue weighted by molar-refractivity contribution is 14.1. The minimum atomic E-state index is -0.982. The Morgan fingerprint density at radius 3 is 2.56 bits per heavy atom. The van der Waals surface area contributed by atoms with Gasteiger partial charge in [-0.05, 0) is 89.2 Å². The standard InChI is InChI=1S/C33H24IN3O6/c1-2-41-28-16-21(15-25(34)30(28)42-19-20-11-13-22(14-12-20)33(39)40)18-35-37-31(29-17-23-7-3-6-10-27(23)43-29)36-26-9-5-4-8-24(26)32(37)38/h3-18H,2,19H2,1H3,(H,39,40). The summed E-state index contributed by atoms with van der Waals surface area (Å²) >= 11 is 2.16. The van der Waals surface area contributed by atoms with Crippen LogP contribution in [-0.2, 0) is 6.61 Å². The lowest BCUT2D eigenvalue weighted by molar-refractivity contribution is 0.0697. The molecule has 4 aromatic carbocycles. The van der Waals surface area contributed by atoms with E-state index in [1.807, 2.05) is 49.4 Å². The van der Waals surface area contributed by atoms with Crippen LogP contribution in [0.3, 0.4) is 0 Å². The summed E-state index contributed by atoms with van der Waals surface area (Å²) in [5, 5.41) is 15.0. The van der Waals surface area contributed by atoms with E-state index in [2.05, 4.69) is 27.7 Å². The maximum atomic E-state index is 13.6. The van der Waals surface area contributed by atoms with Crippen molar-refractivity contribution >= 4 is 56.6 Å². The van der Waals surface area contributed by atoms with Gasteiger partial charge < -0.3 is 19.0 Å². The maximum absolute atomic E-state index is 13.6. The van der Waals surface area contributed by atoms with Crippen LogP contribution in [0.15, 0.2) is 105 Å². The van der Waals surface area contributed by atoms with Crippen molar-refractivity contribution < 1.29 is 23.8 Å². The molecule has 6 aromatic rings. The molecule has 0 bridgehead atoms. The number of halogens is 1. The zero-order chi connectivity index (χ0) is 29.9. The number of fused-ring (bicyclic) bond motifs is 2. The molecule has 0 aliphatic rings. The van der Waals surface area contributed by atoms with Crippen LogP contribution in [0.2, 0.25) is 0 Å². The number of carboxylic acid groups (broad SMARTS) is 1. The highest BCUT2D eigenvalue weighted by Crippen LogP contribution is 2.35. The SMILES string of the molecule is CCOc1cc(C=Nn2c(-c3cc4ccccc4o3)nc3ccccc3c2=O)cc(I)c1OCc1ccc(C(=O)O)cc1. The van der Waals surface area contributed by atoms with Gasteiger partial charge in [0.1, 0.15) is 12.2 Å². The number of hydrogen-bond acceptors (Lipinski definition) is 7. The van der Waals surface area contributed by atoms with Gasteiger partial charge in [0.2, 0.25) is 5.82 Å². The molecule has 0 radical (unpaired) electrons. The molecule has 0 unspecified atom stereocenters. The molecule has 2 heterocycles. The average Bonchev–Trinajstić information content (AvgIpc) is 3.45. The molecule has 0 saturated heterocycles. The van der Waals surface area contributed by atoms with Crippen LogP contribution in [0.4, 0.5) is 0 Å². The molecular formula is C33H24IN3O6. The van der Waals surface area contributed by atoms with Crippen molar-refractivity contribution in [2.75, 3.05) is 6.61 Å². The third kappa shape index (κ3) is 5.86. The number of para-hydroxylation sites is 2. The van der Waals surface area contributed by atoms with Crippen LogP contribution in [0.25, 0.3) is 33.5 Å². The van der Waals surface area contributed by atoms with Gasteiger partial charge in [-0.1, -0.05) is 42.5 Å². The quantitative estimate of drug-likeness (QED) is 0.129. The van der Waals surface area contributed by atoms with Gasteiger partial charge in [-0.15, -0.1) is 0 Å². The minimum Gasteiger partial charge on any atom is -0.490 e. The number of ether oxygens (including phenoxy) is 2. The monoisotopic (exact) mass is 685 g/mol. The molecule has 6 rings (SSSR count). The van der Waals surface area contributed by atoms with E-state index in [0.717, 1.165) is 14.5 Å². The normalized spacial score (nSPS) is 11.4. The molecular weight excluding hydrogens is 661 g/mol. The van der Waals surface area contributed by atoms with E-state index in [-0.39, 0.29) is 23.6 Å². The molecule has 43 heavy (non-hydrogen) atoms. The lowest BCUT2D eigenvalue weighted by Crippen LogP contribution is -2.20. The van der Waals surface area contributed by atoms with Gasteiger partial charge in [0.25, 0.3) is 5.56 Å². The maximum Gasteiger partial charge on any atom is 0.335 e. The van der Waals surface area contributed by atoms with E-state index in [1.165, 1.54) is 16.8 Å². The Balaban J connectivity index is 1.36. The van der Waals surface area contributed by atoms with Crippen LogP contribution in [-0.4, -0.2) is 33.6 Å². The largest absolute Gasteiger partial charge is 0.490 e. The number of rotatable bonds is 9. The number of benzene rings is 4. The van der Waals surface area contributed by atoms with Crippen molar-refractivity contribution in [1.29, 1.82) is 0 Å². The first-order chi connectivity index (χ1) is 20.9. The zero-order valence-electron chi connectivity index (χ0n) is 22.9. The molecule has 9 nitrogen and oxygen atoms in total. The number of carbonyl (C=O) groups is 1. The molecule has 0 aliphatic heterocycles. The Kier molecular flexibility index (Phi) is 7.93. The van der Waals surface area contributed by atoms with Gasteiger partial charge in [0, 0.05) is 5.39 Å². The minimum absolute atomic E-state index is 0.209. The second-order valence-electron chi connectivity index (χ2n) is 9.52. The molecule has 0 atom stereocenters. The lowest BCUT2D eigenvalue weighted by atomic mass is 10.1. The lowest BCUT2D eigenvalue weighted by Gasteiger charge is -2.15. The summed E-state index contributed by atoms with van der Waals surface area (Å²) in [6, 6.07) is 26.7. The number of aromatic carboxylic acids is 1. The zero-order valence-corrected chi connectivity index (χ0v) is 25.0. The van der Waals surface area contributed by atoms with Gasteiger partial charge >= 0.3 is 5.97 Å². The highest BCUT2D eigenvalue weighted by atomic mass is 127. The predicted molar refractivity (Wildman–Crippen MR) is 172 cm³/mol. The topological polar surface area (TPSA) is 116 Å². The number of carboxylic acids is 1. The van der Waals surface area contributed by atoms with E-state index in [1.54, 1.807) is 42.6 Å². The number of furan rings is 1. The molecule has 0 fully saturated rings. The van der Waals surface area contributed by atoms with Crippen LogP contribution in [0.1, 0.15) is 28.4 Å². The third-order valence-electron chi connectivity index (χ3n) is 6.64. The summed E-state index contributed by atoms with van der Waals surface area (Å²) in [6.07, 6.45) is 1.57. The van der Waals surface area contributed by atoms with Gasteiger partial charge in [-0.25, -0.2) is 9.78 Å².